The average Bonchev–Trinajstić information content (AvgIpc) is 2.59. The molecule has 0 spiro atoms. The van der Waals surface area contributed by atoms with Gasteiger partial charge < -0.3 is 0 Å². The van der Waals surface area contributed by atoms with Crippen LogP contribution in [0.1, 0.15) is 31.4 Å². The van der Waals surface area contributed by atoms with E-state index in [0.717, 1.165) is 22.0 Å². The molecule has 0 aliphatic rings. The van der Waals surface area contributed by atoms with E-state index in [9.17, 15) is 4.39 Å². The van der Waals surface area contributed by atoms with Crippen LogP contribution in [-0.2, 0) is 0 Å². The van der Waals surface area contributed by atoms with E-state index in [1.807, 2.05) is 11.5 Å². The molecule has 0 saturated heterocycles. The van der Waals surface area contributed by atoms with Crippen LogP contribution in [0.25, 0.3) is 0 Å². The van der Waals surface area contributed by atoms with Gasteiger partial charge in [0.15, 0.2) is 0 Å². The molecule has 1 nitrogen and oxygen atoms in total. The largest absolute Gasteiger partial charge is 0.242 e. The monoisotopic (exact) mass is 373 g/mol. The fourth-order valence-corrected chi connectivity index (χ4v) is 3.62. The van der Waals surface area contributed by atoms with Crippen LogP contribution >= 0.6 is 23.5 Å². The van der Waals surface area contributed by atoms with Crippen LogP contribution < -0.4 is 0 Å². The van der Waals surface area contributed by atoms with Crippen LogP contribution in [-0.4, -0.2) is 10.3 Å². The number of hydrogen-bond acceptors (Lipinski definition) is 3. The first-order valence-electron chi connectivity index (χ1n) is 8.39. The van der Waals surface area contributed by atoms with Gasteiger partial charge >= 0.3 is 0 Å². The van der Waals surface area contributed by atoms with Gasteiger partial charge in [-0.05, 0) is 79.3 Å². The predicted octanol–water partition coefficient (Wildman–Crippen LogP) is 7.31. The van der Waals surface area contributed by atoms with Crippen LogP contribution in [0.4, 0.5) is 10.1 Å². The minimum Gasteiger partial charge on any atom is -0.242 e. The molecule has 25 heavy (non-hydrogen) atoms. The molecular weight excluding hydrogens is 349 g/mol. The Morgan fingerprint density at radius 2 is 1.84 bits per heavy atom. The first-order valence-corrected chi connectivity index (χ1v) is 10.1. The van der Waals surface area contributed by atoms with E-state index in [0.29, 0.717) is 5.25 Å². The van der Waals surface area contributed by atoms with Gasteiger partial charge in [-0.15, -0.1) is 11.8 Å². The van der Waals surface area contributed by atoms with Crippen LogP contribution in [0.3, 0.4) is 0 Å². The Balaban J connectivity index is 2.16. The lowest BCUT2D eigenvalue weighted by molar-refractivity contribution is 0.626. The van der Waals surface area contributed by atoms with Gasteiger partial charge in [0, 0.05) is 10.1 Å². The Labute approximate surface area is 158 Å². The number of thioether (sulfide) groups is 2. The highest BCUT2D eigenvalue weighted by molar-refractivity contribution is 8.15. The van der Waals surface area contributed by atoms with Crippen LogP contribution in [0.2, 0.25) is 0 Å². The predicted molar refractivity (Wildman–Crippen MR) is 112 cm³/mol. The number of rotatable bonds is 6. The summed E-state index contributed by atoms with van der Waals surface area (Å²) in [5.74, 6) is -0.211. The second kappa shape index (κ2) is 9.83. The molecule has 0 aromatic heterocycles. The minimum absolute atomic E-state index is 0.211. The summed E-state index contributed by atoms with van der Waals surface area (Å²) in [5, 5.41) is 3.51. The summed E-state index contributed by atoms with van der Waals surface area (Å²) in [7, 11) is 0. The maximum atomic E-state index is 13.0. The molecule has 0 aliphatic heterocycles. The number of aliphatic imine (C=N–C) groups is 1. The highest BCUT2D eigenvalue weighted by atomic mass is 32.2. The number of halogens is 1. The zero-order chi connectivity index (χ0) is 18.2. The fourth-order valence-electron chi connectivity index (χ4n) is 2.00. The van der Waals surface area contributed by atoms with Crippen molar-refractivity contribution >= 4 is 34.3 Å². The van der Waals surface area contributed by atoms with Gasteiger partial charge in [0.2, 0.25) is 0 Å². The normalized spacial score (nSPS) is 13.4. The maximum Gasteiger partial charge on any atom is 0.123 e. The van der Waals surface area contributed by atoms with Crippen LogP contribution in [0, 0.1) is 19.7 Å². The third kappa shape index (κ3) is 6.71. The SMILES string of the molecule is CCC(C)SC(C=CSc1ccc(F)cc1)=Nc1ccc(C)c(C)c1. The number of benzene rings is 2. The molecular formula is C21H24FNS2. The number of nitrogens with zero attached hydrogens (tertiary/aromatic N) is 1. The quantitative estimate of drug-likeness (QED) is 0.299. The lowest BCUT2D eigenvalue weighted by Gasteiger charge is -2.09. The summed E-state index contributed by atoms with van der Waals surface area (Å²) in [6, 6.07) is 12.8. The zero-order valence-corrected chi connectivity index (χ0v) is 16.8. The molecule has 0 N–H and O–H groups in total. The van der Waals surface area contributed by atoms with Crippen molar-refractivity contribution in [3.8, 4) is 0 Å². The Morgan fingerprint density at radius 3 is 2.48 bits per heavy atom. The molecule has 2 aromatic carbocycles. The van der Waals surface area contributed by atoms with Gasteiger partial charge in [0.1, 0.15) is 5.82 Å². The summed E-state index contributed by atoms with van der Waals surface area (Å²) in [5.41, 5.74) is 3.50. The van der Waals surface area contributed by atoms with E-state index in [1.165, 1.54) is 23.3 Å². The molecule has 2 rings (SSSR count). The third-order valence-electron chi connectivity index (χ3n) is 3.86. The maximum absolute atomic E-state index is 13.0. The van der Waals surface area contributed by atoms with E-state index in [-0.39, 0.29) is 5.82 Å². The van der Waals surface area contributed by atoms with Gasteiger partial charge in [-0.25, -0.2) is 9.38 Å². The standard InChI is InChI=1S/C21H24FNS2/c1-5-17(4)25-21(23-19-9-6-15(2)16(3)14-19)12-13-24-20-10-7-18(22)8-11-20/h6-14,17H,5H2,1-4H3. The zero-order valence-electron chi connectivity index (χ0n) is 15.1. The second-order valence-electron chi connectivity index (χ2n) is 5.93. The van der Waals surface area contributed by atoms with Crippen molar-refractivity contribution in [3.05, 3.63) is 70.9 Å². The summed E-state index contributed by atoms with van der Waals surface area (Å²) >= 11 is 3.34. The molecule has 0 bridgehead atoms. The van der Waals surface area contributed by atoms with E-state index in [4.69, 9.17) is 4.99 Å². The van der Waals surface area contributed by atoms with Crippen molar-refractivity contribution in [2.24, 2.45) is 4.99 Å². The summed E-state index contributed by atoms with van der Waals surface area (Å²) in [6.45, 7) is 8.61. The molecule has 0 fully saturated rings. The van der Waals surface area contributed by atoms with Gasteiger partial charge in [-0.3, -0.25) is 0 Å². The van der Waals surface area contributed by atoms with Crippen molar-refractivity contribution in [2.75, 3.05) is 0 Å². The molecule has 0 saturated carbocycles. The topological polar surface area (TPSA) is 12.4 Å². The van der Waals surface area contributed by atoms with Gasteiger partial charge in [0.05, 0.1) is 10.7 Å². The highest BCUT2D eigenvalue weighted by Crippen LogP contribution is 2.25. The van der Waals surface area contributed by atoms with Crippen molar-refractivity contribution in [1.82, 2.24) is 0 Å². The summed E-state index contributed by atoms with van der Waals surface area (Å²) in [4.78, 5) is 5.82. The molecule has 1 unspecified atom stereocenters. The van der Waals surface area contributed by atoms with Gasteiger partial charge in [-0.2, -0.15) is 0 Å². The molecule has 0 amide bonds. The number of hydrogen-bond donors (Lipinski definition) is 0. The molecule has 0 heterocycles. The van der Waals surface area contributed by atoms with Crippen LogP contribution in [0.5, 0.6) is 0 Å². The summed E-state index contributed by atoms with van der Waals surface area (Å²) in [6.07, 6.45) is 3.13. The minimum atomic E-state index is -0.211. The Kier molecular flexibility index (Phi) is 7.79. The number of aryl methyl sites for hydroxylation is 2. The first-order chi connectivity index (χ1) is 12.0. The molecule has 0 aliphatic carbocycles. The molecule has 1 atom stereocenters. The molecule has 4 heteroatoms. The van der Waals surface area contributed by atoms with Crippen molar-refractivity contribution in [3.63, 3.8) is 0 Å². The molecule has 0 radical (unpaired) electrons. The average molecular weight is 374 g/mol. The van der Waals surface area contributed by atoms with Crippen molar-refractivity contribution < 1.29 is 4.39 Å². The molecule has 132 valence electrons. The second-order valence-corrected chi connectivity index (χ2v) is 8.37. The fraction of sp³-hybridized carbons (Fsp3) is 0.286. The van der Waals surface area contributed by atoms with Crippen LogP contribution in [0.15, 0.2) is 63.8 Å². The third-order valence-corrected chi connectivity index (χ3v) is 5.88. The lowest BCUT2D eigenvalue weighted by atomic mass is 10.1. The Morgan fingerprint density at radius 1 is 1.12 bits per heavy atom. The first kappa shape index (κ1) is 19.8. The van der Waals surface area contributed by atoms with E-state index in [2.05, 4.69) is 45.9 Å². The van der Waals surface area contributed by atoms with Crippen molar-refractivity contribution in [2.45, 2.75) is 44.3 Å². The van der Waals surface area contributed by atoms with E-state index < -0.39 is 0 Å². The smallest absolute Gasteiger partial charge is 0.123 e. The Bertz CT molecular complexity index is 751. The van der Waals surface area contributed by atoms with E-state index >= 15 is 0 Å². The summed E-state index contributed by atoms with van der Waals surface area (Å²) < 4.78 is 13.0. The van der Waals surface area contributed by atoms with Gasteiger partial charge in [-0.1, -0.05) is 31.7 Å². The van der Waals surface area contributed by atoms with Crippen molar-refractivity contribution in [1.29, 1.82) is 0 Å². The van der Waals surface area contributed by atoms with E-state index in [1.54, 1.807) is 35.7 Å². The van der Waals surface area contributed by atoms with Gasteiger partial charge in [0.25, 0.3) is 0 Å². The lowest BCUT2D eigenvalue weighted by Crippen LogP contribution is -1.98. The molecule has 2 aromatic rings. The Hall–Kier alpha value is -1.52. The highest BCUT2D eigenvalue weighted by Gasteiger charge is 2.05.